The Kier molecular flexibility index (Phi) is 5.76. The highest BCUT2D eigenvalue weighted by Gasteiger charge is 2.31. The summed E-state index contributed by atoms with van der Waals surface area (Å²) in [5, 5.41) is 0. The van der Waals surface area contributed by atoms with Crippen LogP contribution in [0, 0.1) is 0 Å². The van der Waals surface area contributed by atoms with Gasteiger partial charge in [0, 0.05) is 25.4 Å². The van der Waals surface area contributed by atoms with E-state index >= 15 is 0 Å². The molecule has 0 spiro atoms. The molecule has 12 heteroatoms. The van der Waals surface area contributed by atoms with Crippen molar-refractivity contribution in [2.45, 2.75) is 48.9 Å². The van der Waals surface area contributed by atoms with Crippen molar-refractivity contribution in [3.8, 4) is 5.88 Å². The summed E-state index contributed by atoms with van der Waals surface area (Å²) >= 11 is 0. The first-order chi connectivity index (χ1) is 15.0. The molecule has 0 amide bonds. The zero-order chi connectivity index (χ0) is 23.1. The summed E-state index contributed by atoms with van der Waals surface area (Å²) in [6.07, 6.45) is -1.97. The van der Waals surface area contributed by atoms with Gasteiger partial charge in [-0.25, -0.2) is 22.9 Å². The standard InChI is InChI=1S/C20H20F3N3O5S/c1-26-16-10-15(7-8-17(16)31-19(26)27)32(28,29)25-13-3-5-14(6-4-13)30-18-9-2-12(11-24-18)20(21,22)23/h2,7-11,13-14,25H,3-6H2,1H3. The van der Waals surface area contributed by atoms with Crippen LogP contribution in [0.15, 0.2) is 50.6 Å². The normalized spacial score (nSPS) is 19.9. The van der Waals surface area contributed by atoms with E-state index in [1.807, 2.05) is 0 Å². The number of nitrogens with one attached hydrogen (secondary N) is 1. The number of pyridine rings is 1. The highest BCUT2D eigenvalue weighted by molar-refractivity contribution is 7.89. The molecule has 172 valence electrons. The minimum atomic E-state index is -4.46. The van der Waals surface area contributed by atoms with Gasteiger partial charge in [0.25, 0.3) is 0 Å². The Bertz CT molecular complexity index is 1270. The lowest BCUT2D eigenvalue weighted by Crippen LogP contribution is -2.39. The van der Waals surface area contributed by atoms with Gasteiger partial charge in [-0.05, 0) is 49.9 Å². The summed E-state index contributed by atoms with van der Waals surface area (Å²) in [5.74, 6) is -0.482. The van der Waals surface area contributed by atoms with Gasteiger partial charge < -0.3 is 9.15 Å². The number of hydrogen-bond acceptors (Lipinski definition) is 6. The number of fused-ring (bicyclic) bond motifs is 1. The third kappa shape index (κ3) is 4.65. The van der Waals surface area contributed by atoms with Crippen LogP contribution in [0.2, 0.25) is 0 Å². The Balaban J connectivity index is 1.36. The number of alkyl halides is 3. The Hall–Kier alpha value is -2.86. The molecule has 1 fully saturated rings. The third-order valence-electron chi connectivity index (χ3n) is 5.42. The molecule has 1 aliphatic rings. The number of ether oxygens (including phenoxy) is 1. The molecule has 0 saturated heterocycles. The molecule has 4 rings (SSSR count). The van der Waals surface area contributed by atoms with E-state index in [9.17, 15) is 26.4 Å². The fraction of sp³-hybridized carbons (Fsp3) is 0.400. The molecule has 0 unspecified atom stereocenters. The number of aryl methyl sites for hydroxylation is 1. The van der Waals surface area contributed by atoms with Gasteiger partial charge in [0.05, 0.1) is 16.0 Å². The summed E-state index contributed by atoms with van der Waals surface area (Å²) in [6.45, 7) is 0. The van der Waals surface area contributed by atoms with E-state index in [-0.39, 0.29) is 22.9 Å². The Morgan fingerprint density at radius 3 is 2.50 bits per heavy atom. The Morgan fingerprint density at radius 1 is 1.16 bits per heavy atom. The molecule has 1 saturated carbocycles. The van der Waals surface area contributed by atoms with Crippen molar-refractivity contribution in [2.75, 3.05) is 0 Å². The van der Waals surface area contributed by atoms with Crippen molar-refractivity contribution in [1.29, 1.82) is 0 Å². The van der Waals surface area contributed by atoms with Gasteiger partial charge in [-0.2, -0.15) is 13.2 Å². The molecule has 1 N–H and O–H groups in total. The molecule has 1 aromatic carbocycles. The van der Waals surface area contributed by atoms with E-state index in [0.29, 0.717) is 36.8 Å². The van der Waals surface area contributed by atoms with Crippen LogP contribution in [0.3, 0.4) is 0 Å². The molecular formula is C20H20F3N3O5S. The van der Waals surface area contributed by atoms with Crippen molar-refractivity contribution in [2.24, 2.45) is 7.05 Å². The molecule has 3 aromatic rings. The van der Waals surface area contributed by atoms with Crippen LogP contribution in [-0.2, 0) is 23.2 Å². The molecule has 0 radical (unpaired) electrons. The molecule has 2 heterocycles. The second-order valence-electron chi connectivity index (χ2n) is 7.65. The van der Waals surface area contributed by atoms with Crippen LogP contribution in [0.4, 0.5) is 13.2 Å². The molecule has 0 bridgehead atoms. The number of halogens is 3. The van der Waals surface area contributed by atoms with E-state index in [1.165, 1.54) is 35.9 Å². The smallest absolute Gasteiger partial charge is 0.419 e. The molecule has 0 atom stereocenters. The Morgan fingerprint density at radius 2 is 1.88 bits per heavy atom. The molecule has 1 aliphatic carbocycles. The fourth-order valence-corrected chi connectivity index (χ4v) is 4.97. The molecule has 8 nitrogen and oxygen atoms in total. The van der Waals surface area contributed by atoms with Crippen molar-refractivity contribution in [1.82, 2.24) is 14.3 Å². The average Bonchev–Trinajstić information content (AvgIpc) is 3.02. The van der Waals surface area contributed by atoms with Crippen LogP contribution in [0.1, 0.15) is 31.2 Å². The number of oxazole rings is 1. The summed E-state index contributed by atoms with van der Waals surface area (Å²) in [5.41, 5.74) is -0.179. The summed E-state index contributed by atoms with van der Waals surface area (Å²) < 4.78 is 78.0. The maximum atomic E-state index is 12.8. The SMILES string of the molecule is Cn1c(=O)oc2ccc(S(=O)(=O)NC3CCC(Oc4ccc(C(F)(F)F)cn4)CC3)cc21. The summed E-state index contributed by atoms with van der Waals surface area (Å²) in [7, 11) is -2.33. The molecule has 2 aromatic heterocycles. The van der Waals surface area contributed by atoms with Crippen molar-refractivity contribution >= 4 is 21.1 Å². The van der Waals surface area contributed by atoms with E-state index < -0.39 is 27.5 Å². The maximum absolute atomic E-state index is 12.8. The molecular weight excluding hydrogens is 451 g/mol. The lowest BCUT2D eigenvalue weighted by atomic mass is 9.94. The van der Waals surface area contributed by atoms with Crippen molar-refractivity contribution in [3.05, 3.63) is 52.6 Å². The van der Waals surface area contributed by atoms with Crippen LogP contribution in [0.5, 0.6) is 5.88 Å². The van der Waals surface area contributed by atoms with Crippen LogP contribution >= 0.6 is 0 Å². The largest absolute Gasteiger partial charge is 0.474 e. The highest BCUT2D eigenvalue weighted by Crippen LogP contribution is 2.30. The first-order valence-electron chi connectivity index (χ1n) is 9.85. The van der Waals surface area contributed by atoms with Gasteiger partial charge in [-0.3, -0.25) is 4.57 Å². The number of rotatable bonds is 5. The number of nitrogens with zero attached hydrogens (tertiary/aromatic N) is 2. The van der Waals surface area contributed by atoms with Crippen LogP contribution < -0.4 is 15.2 Å². The van der Waals surface area contributed by atoms with Gasteiger partial charge in [0.2, 0.25) is 15.9 Å². The van der Waals surface area contributed by atoms with Gasteiger partial charge >= 0.3 is 11.9 Å². The minimum Gasteiger partial charge on any atom is -0.474 e. The number of aromatic nitrogens is 2. The van der Waals surface area contributed by atoms with Gasteiger partial charge in [-0.15, -0.1) is 0 Å². The summed E-state index contributed by atoms with van der Waals surface area (Å²) in [6, 6.07) is 5.97. The quantitative estimate of drug-likeness (QED) is 0.613. The number of sulfonamides is 1. The third-order valence-corrected chi connectivity index (χ3v) is 6.94. The zero-order valence-corrected chi connectivity index (χ0v) is 17.7. The van der Waals surface area contributed by atoms with Gasteiger partial charge in [0.15, 0.2) is 5.58 Å². The van der Waals surface area contributed by atoms with Gasteiger partial charge in [0.1, 0.15) is 6.10 Å². The van der Waals surface area contributed by atoms with Crippen molar-refractivity contribution < 1.29 is 30.7 Å². The number of benzene rings is 1. The first kappa shape index (κ1) is 22.3. The molecule has 0 aliphatic heterocycles. The topological polar surface area (TPSA) is 103 Å². The van der Waals surface area contributed by atoms with Crippen LogP contribution in [0.25, 0.3) is 11.1 Å². The monoisotopic (exact) mass is 471 g/mol. The second-order valence-corrected chi connectivity index (χ2v) is 9.37. The van der Waals surface area contributed by atoms with E-state index in [4.69, 9.17) is 9.15 Å². The maximum Gasteiger partial charge on any atom is 0.419 e. The van der Waals surface area contributed by atoms with Crippen LogP contribution in [-0.4, -0.2) is 30.1 Å². The lowest BCUT2D eigenvalue weighted by Gasteiger charge is -2.29. The van der Waals surface area contributed by atoms with E-state index in [1.54, 1.807) is 0 Å². The first-order valence-corrected chi connectivity index (χ1v) is 11.3. The average molecular weight is 471 g/mol. The number of hydrogen-bond donors (Lipinski definition) is 1. The zero-order valence-electron chi connectivity index (χ0n) is 16.9. The predicted octanol–water partition coefficient (Wildman–Crippen LogP) is 3.21. The highest BCUT2D eigenvalue weighted by atomic mass is 32.2. The van der Waals surface area contributed by atoms with Gasteiger partial charge in [-0.1, -0.05) is 0 Å². The predicted molar refractivity (Wildman–Crippen MR) is 108 cm³/mol. The fourth-order valence-electron chi connectivity index (χ4n) is 3.65. The second kappa shape index (κ2) is 8.24. The summed E-state index contributed by atoms with van der Waals surface area (Å²) in [4.78, 5) is 15.3. The minimum absolute atomic E-state index is 0.0220. The van der Waals surface area contributed by atoms with E-state index in [2.05, 4.69) is 9.71 Å². The van der Waals surface area contributed by atoms with E-state index in [0.717, 1.165) is 12.3 Å². The lowest BCUT2D eigenvalue weighted by molar-refractivity contribution is -0.137. The Labute approximate surface area is 181 Å². The van der Waals surface area contributed by atoms with Crippen molar-refractivity contribution in [3.63, 3.8) is 0 Å². The molecule has 32 heavy (non-hydrogen) atoms.